The zero-order valence-corrected chi connectivity index (χ0v) is 19.2. The summed E-state index contributed by atoms with van der Waals surface area (Å²) in [4.78, 5) is 25.2. The third-order valence-electron chi connectivity index (χ3n) is 4.76. The van der Waals surface area contributed by atoms with E-state index in [0.29, 0.717) is 21.2 Å². The Labute approximate surface area is 204 Å². The van der Waals surface area contributed by atoms with E-state index in [-0.39, 0.29) is 16.3 Å². The Morgan fingerprint density at radius 2 is 1.58 bits per heavy atom. The van der Waals surface area contributed by atoms with E-state index in [9.17, 15) is 9.59 Å². The molecule has 0 unspecified atom stereocenters. The lowest BCUT2D eigenvalue weighted by atomic mass is 10.0. The third kappa shape index (κ3) is 5.17. The number of ether oxygens (including phenoxy) is 1. The van der Waals surface area contributed by atoms with Crippen LogP contribution >= 0.6 is 34.8 Å². The van der Waals surface area contributed by atoms with Gasteiger partial charge in [-0.05, 0) is 47.2 Å². The summed E-state index contributed by atoms with van der Waals surface area (Å²) in [7, 11) is 0. The van der Waals surface area contributed by atoms with E-state index in [1.54, 1.807) is 36.4 Å². The van der Waals surface area contributed by atoms with Crippen LogP contribution in [0.5, 0.6) is 5.75 Å². The van der Waals surface area contributed by atoms with Crippen LogP contribution in [0, 0.1) is 0 Å². The highest BCUT2D eigenvalue weighted by Gasteiger charge is 2.16. The largest absolute Gasteiger partial charge is 0.422 e. The summed E-state index contributed by atoms with van der Waals surface area (Å²) in [6.07, 6.45) is 1.42. The monoisotopic (exact) mass is 496 g/mol. The molecule has 0 aliphatic heterocycles. The Morgan fingerprint density at radius 1 is 0.818 bits per heavy atom. The van der Waals surface area contributed by atoms with E-state index in [1.165, 1.54) is 18.3 Å². The molecule has 0 bridgehead atoms. The average Bonchev–Trinajstić information content (AvgIpc) is 2.80. The molecule has 164 valence electrons. The molecule has 1 N–H and O–H groups in total. The van der Waals surface area contributed by atoms with Crippen molar-refractivity contribution in [1.29, 1.82) is 0 Å². The zero-order valence-electron chi connectivity index (χ0n) is 16.9. The molecule has 1 amide bonds. The number of rotatable bonds is 5. The smallest absolute Gasteiger partial charge is 0.345 e. The number of hydrazone groups is 1. The number of halogens is 3. The Kier molecular flexibility index (Phi) is 6.94. The Balaban J connectivity index is 1.65. The number of amides is 1. The molecule has 0 saturated heterocycles. The van der Waals surface area contributed by atoms with Crippen LogP contribution in [0.3, 0.4) is 0 Å². The van der Waals surface area contributed by atoms with Crippen molar-refractivity contribution in [3.8, 4) is 5.75 Å². The van der Waals surface area contributed by atoms with Crippen molar-refractivity contribution in [3.63, 3.8) is 0 Å². The van der Waals surface area contributed by atoms with Crippen LogP contribution in [0.2, 0.25) is 15.1 Å². The molecule has 0 aliphatic carbocycles. The van der Waals surface area contributed by atoms with Gasteiger partial charge in [0.25, 0.3) is 5.91 Å². The van der Waals surface area contributed by atoms with Gasteiger partial charge in [-0.3, -0.25) is 4.79 Å². The van der Waals surface area contributed by atoms with E-state index in [4.69, 9.17) is 39.5 Å². The molecule has 0 saturated carbocycles. The van der Waals surface area contributed by atoms with Crippen molar-refractivity contribution in [2.75, 3.05) is 0 Å². The number of nitrogens with zero attached hydrogens (tertiary/aromatic N) is 1. The SMILES string of the molecule is O=C(N/N=C\c1c(OC(=O)c2ccc(Cl)cc2Cl)ccc2ccccc12)c1ccccc1Cl. The summed E-state index contributed by atoms with van der Waals surface area (Å²) in [5.41, 5.74) is 3.42. The van der Waals surface area contributed by atoms with Gasteiger partial charge in [-0.25, -0.2) is 10.2 Å². The van der Waals surface area contributed by atoms with Gasteiger partial charge in [0.1, 0.15) is 5.75 Å². The second-order valence-corrected chi connectivity index (χ2v) is 8.14. The zero-order chi connectivity index (χ0) is 23.4. The minimum Gasteiger partial charge on any atom is -0.422 e. The van der Waals surface area contributed by atoms with Crippen molar-refractivity contribution in [2.45, 2.75) is 0 Å². The van der Waals surface area contributed by atoms with Crippen molar-refractivity contribution < 1.29 is 14.3 Å². The summed E-state index contributed by atoms with van der Waals surface area (Å²) >= 11 is 18.1. The van der Waals surface area contributed by atoms with Crippen LogP contribution in [-0.2, 0) is 0 Å². The Morgan fingerprint density at radius 3 is 2.36 bits per heavy atom. The number of carbonyl (C=O) groups is 2. The highest BCUT2D eigenvalue weighted by Crippen LogP contribution is 2.29. The fourth-order valence-corrected chi connectivity index (χ4v) is 3.88. The molecule has 4 rings (SSSR count). The van der Waals surface area contributed by atoms with Crippen LogP contribution in [-0.4, -0.2) is 18.1 Å². The number of esters is 1. The molecule has 0 radical (unpaired) electrons. The first-order valence-electron chi connectivity index (χ1n) is 9.71. The van der Waals surface area contributed by atoms with Gasteiger partial charge in [-0.1, -0.05) is 77.3 Å². The average molecular weight is 498 g/mol. The first-order valence-corrected chi connectivity index (χ1v) is 10.8. The molecular formula is C25H15Cl3N2O3. The van der Waals surface area contributed by atoms with E-state index >= 15 is 0 Å². The van der Waals surface area contributed by atoms with Crippen LogP contribution < -0.4 is 10.2 Å². The second kappa shape index (κ2) is 10.0. The van der Waals surface area contributed by atoms with Gasteiger partial charge >= 0.3 is 5.97 Å². The molecule has 4 aromatic carbocycles. The molecule has 0 aliphatic rings. The fraction of sp³-hybridized carbons (Fsp3) is 0. The number of hydrogen-bond acceptors (Lipinski definition) is 4. The number of benzene rings is 4. The maximum atomic E-state index is 12.8. The number of carbonyl (C=O) groups excluding carboxylic acids is 2. The van der Waals surface area contributed by atoms with Gasteiger partial charge < -0.3 is 4.74 Å². The van der Waals surface area contributed by atoms with Gasteiger partial charge in [-0.15, -0.1) is 0 Å². The molecule has 0 atom stereocenters. The number of fused-ring (bicyclic) bond motifs is 1. The summed E-state index contributed by atoms with van der Waals surface area (Å²) in [6.45, 7) is 0. The first-order chi connectivity index (χ1) is 15.9. The lowest BCUT2D eigenvalue weighted by Gasteiger charge is -2.11. The molecule has 5 nitrogen and oxygen atoms in total. The molecule has 4 aromatic rings. The van der Waals surface area contributed by atoms with E-state index in [1.807, 2.05) is 30.3 Å². The topological polar surface area (TPSA) is 67.8 Å². The van der Waals surface area contributed by atoms with Gasteiger partial charge in [0.05, 0.1) is 27.4 Å². The summed E-state index contributed by atoms with van der Waals surface area (Å²) in [5.74, 6) is -0.870. The molecule has 8 heteroatoms. The summed E-state index contributed by atoms with van der Waals surface area (Å²) in [6, 6.07) is 22.1. The van der Waals surface area contributed by atoms with Crippen LogP contribution in [0.4, 0.5) is 0 Å². The number of hydrogen-bond donors (Lipinski definition) is 1. The quantitative estimate of drug-likeness (QED) is 0.143. The minimum atomic E-state index is -0.651. The van der Waals surface area contributed by atoms with Crippen LogP contribution in [0.1, 0.15) is 26.3 Å². The minimum absolute atomic E-state index is 0.170. The molecule has 0 aromatic heterocycles. The predicted molar refractivity (Wildman–Crippen MR) is 132 cm³/mol. The lowest BCUT2D eigenvalue weighted by molar-refractivity contribution is 0.0734. The van der Waals surface area contributed by atoms with E-state index in [2.05, 4.69) is 10.5 Å². The van der Waals surface area contributed by atoms with Gasteiger partial charge in [0.2, 0.25) is 0 Å². The van der Waals surface area contributed by atoms with Crippen molar-refractivity contribution >= 4 is 63.7 Å². The predicted octanol–water partition coefficient (Wildman–Crippen LogP) is 6.78. The second-order valence-electron chi connectivity index (χ2n) is 6.89. The molecule has 33 heavy (non-hydrogen) atoms. The first kappa shape index (κ1) is 22.8. The summed E-state index contributed by atoms with van der Waals surface area (Å²) < 4.78 is 5.63. The van der Waals surface area contributed by atoms with Crippen molar-refractivity contribution in [1.82, 2.24) is 5.43 Å². The molecule has 0 spiro atoms. The van der Waals surface area contributed by atoms with Crippen molar-refractivity contribution in [3.05, 3.63) is 111 Å². The fourth-order valence-electron chi connectivity index (χ4n) is 3.17. The van der Waals surface area contributed by atoms with Crippen LogP contribution in [0.25, 0.3) is 10.8 Å². The highest BCUT2D eigenvalue weighted by molar-refractivity contribution is 6.36. The maximum absolute atomic E-state index is 12.8. The standard InChI is InChI=1S/C25H15Cl3N2O3/c26-16-10-11-19(22(28)13-16)25(32)33-23-12-9-15-5-1-2-6-17(15)20(23)14-29-30-24(31)18-7-3-4-8-21(18)27/h1-14H,(H,30,31)/b29-14-. The van der Waals surface area contributed by atoms with E-state index in [0.717, 1.165) is 10.8 Å². The normalized spacial score (nSPS) is 11.0. The Bertz CT molecular complexity index is 1400. The summed E-state index contributed by atoms with van der Waals surface area (Å²) in [5, 5.41) is 6.64. The van der Waals surface area contributed by atoms with Gasteiger partial charge in [-0.2, -0.15) is 5.10 Å². The lowest BCUT2D eigenvalue weighted by Crippen LogP contribution is -2.18. The number of nitrogens with one attached hydrogen (secondary N) is 1. The highest BCUT2D eigenvalue weighted by atomic mass is 35.5. The Hall–Kier alpha value is -3.38. The van der Waals surface area contributed by atoms with Gasteiger partial charge in [0, 0.05) is 10.6 Å². The van der Waals surface area contributed by atoms with Gasteiger partial charge in [0.15, 0.2) is 0 Å². The maximum Gasteiger partial charge on any atom is 0.345 e. The molecule has 0 fully saturated rings. The molecular weight excluding hydrogens is 483 g/mol. The van der Waals surface area contributed by atoms with Crippen LogP contribution in [0.15, 0.2) is 84.0 Å². The molecule has 0 heterocycles. The van der Waals surface area contributed by atoms with E-state index < -0.39 is 11.9 Å². The van der Waals surface area contributed by atoms with Crippen molar-refractivity contribution in [2.24, 2.45) is 5.10 Å². The third-order valence-corrected chi connectivity index (χ3v) is 5.64.